The molecule has 5 aromatic rings. The highest BCUT2D eigenvalue weighted by Gasteiger charge is 2.47. The summed E-state index contributed by atoms with van der Waals surface area (Å²) >= 11 is 4.57. The van der Waals surface area contributed by atoms with Crippen molar-refractivity contribution in [3.63, 3.8) is 0 Å². The lowest BCUT2D eigenvalue weighted by Crippen LogP contribution is -2.45. The summed E-state index contributed by atoms with van der Waals surface area (Å²) in [5.74, 6) is 0.0532. The van der Waals surface area contributed by atoms with Crippen LogP contribution >= 0.6 is 45.2 Å². The molecule has 0 aliphatic carbocycles. The van der Waals surface area contributed by atoms with E-state index in [0.29, 0.717) is 47.9 Å². The molecule has 0 N–H and O–H groups in total. The summed E-state index contributed by atoms with van der Waals surface area (Å²) in [7, 11) is 1.39. The third-order valence-corrected chi connectivity index (χ3v) is 24.8. The molecule has 3 aliphatic heterocycles. The minimum absolute atomic E-state index is 0.0177. The van der Waals surface area contributed by atoms with Gasteiger partial charge in [-0.15, -0.1) is 5.06 Å². The van der Waals surface area contributed by atoms with Crippen molar-refractivity contribution in [2.75, 3.05) is 41.1 Å². The van der Waals surface area contributed by atoms with E-state index >= 15 is 0 Å². The first-order chi connectivity index (χ1) is 33.3. The van der Waals surface area contributed by atoms with E-state index in [1.54, 1.807) is 36.9 Å². The van der Waals surface area contributed by atoms with Crippen molar-refractivity contribution in [1.29, 1.82) is 0 Å². The lowest BCUT2D eigenvalue weighted by atomic mass is 10.1. The SMILES string of the molecule is CN(C)/C=N/c1ncnc2c1c(I)cn2[C@H]1C[C@@H](OCN(C)/C=N/c2ncnc3c2c(I)cn3[C@H]2CC(ON3C(=O)c4ccccc4C3=O)[C@@H](CO[Si](C)(C)C(C)(C)C)O2)[C@@H](CO[Si](C)(C)C(C)(C)C)O1. The second kappa shape index (κ2) is 20.8. The topological polar surface area (TPSA) is 185 Å². The smallest absolute Gasteiger partial charge is 0.285 e. The maximum Gasteiger partial charge on any atom is 0.285 e. The highest BCUT2D eigenvalue weighted by atomic mass is 127. The Bertz CT molecular complexity index is 2810. The van der Waals surface area contributed by atoms with E-state index in [1.807, 2.05) is 47.9 Å². The standard InChI is InChI=1S/C48H65I2N11O8Si2/c1-47(2,3)70(10,11)65-22-35-33(18-37(67-35)59-20-31(49)39-41(55-26-57(7)8)51-24-53-43(39)59)64-28-58(9)27-56-42-40-32(50)21-60(44(40)54-25-52-42)38-19-34(36(68-38)23-66-71(12,13)48(4,5)6)69-61-45(62)29-16-14-15-17-30(29)46(61)63/h14-17,20-21,24-27,33-38H,18-19,22-23,28H2,1-13H3/b55-26+,56-27+/t33-,34?,35-,36-,37-,38-/m1/s1. The predicted octanol–water partition coefficient (Wildman–Crippen LogP) is 9.46. The quantitative estimate of drug-likeness (QED) is 0.0214. The zero-order chi connectivity index (χ0) is 51.4. The van der Waals surface area contributed by atoms with Crippen LogP contribution in [0.5, 0.6) is 0 Å². The molecule has 71 heavy (non-hydrogen) atoms. The highest BCUT2D eigenvalue weighted by Crippen LogP contribution is 2.43. The molecule has 1 unspecified atom stereocenters. The summed E-state index contributed by atoms with van der Waals surface area (Å²) in [5.41, 5.74) is 1.96. The molecule has 19 nitrogen and oxygen atoms in total. The molecule has 6 atom stereocenters. The summed E-state index contributed by atoms with van der Waals surface area (Å²) in [6.07, 6.45) is 8.44. The van der Waals surface area contributed by atoms with Gasteiger partial charge >= 0.3 is 0 Å². The number of nitrogens with zero attached hydrogens (tertiary/aromatic N) is 11. The van der Waals surface area contributed by atoms with Gasteiger partial charge in [-0.25, -0.2) is 29.9 Å². The van der Waals surface area contributed by atoms with Gasteiger partial charge in [0.05, 0.1) is 53.9 Å². The number of rotatable bonds is 17. The third kappa shape index (κ3) is 11.2. The maximum atomic E-state index is 13.4. The van der Waals surface area contributed by atoms with Gasteiger partial charge in [0.1, 0.15) is 61.4 Å². The number of amides is 2. The van der Waals surface area contributed by atoms with Crippen molar-refractivity contribution >= 4 is 120 Å². The Morgan fingerprint density at radius 2 is 1.17 bits per heavy atom. The molecule has 2 fully saturated rings. The highest BCUT2D eigenvalue weighted by molar-refractivity contribution is 14.1. The fourth-order valence-electron chi connectivity index (χ4n) is 7.99. The Labute approximate surface area is 444 Å². The molecule has 0 bridgehead atoms. The first kappa shape index (κ1) is 53.5. The predicted molar refractivity (Wildman–Crippen MR) is 293 cm³/mol. The monoisotopic (exact) mass is 1230 g/mol. The number of carbonyl (C=O) groups is 2. The molecule has 0 saturated carbocycles. The zero-order valence-corrected chi connectivity index (χ0v) is 49.0. The summed E-state index contributed by atoms with van der Waals surface area (Å²) in [6, 6.07) is 6.73. The molecule has 0 spiro atoms. The normalized spacial score (nSPS) is 22.4. The maximum absolute atomic E-state index is 13.4. The summed E-state index contributed by atoms with van der Waals surface area (Å²) in [6.45, 7) is 22.9. The second-order valence-electron chi connectivity index (χ2n) is 21.6. The van der Waals surface area contributed by atoms with Crippen molar-refractivity contribution in [2.24, 2.45) is 9.98 Å². The average molecular weight is 1230 g/mol. The fraction of sp³-hybridized carbons (Fsp3) is 0.542. The Kier molecular flexibility index (Phi) is 15.7. The third-order valence-electron chi connectivity index (χ3n) is 14.2. The first-order valence-electron chi connectivity index (χ1n) is 23.7. The first-order valence-corrected chi connectivity index (χ1v) is 31.6. The second-order valence-corrected chi connectivity index (χ2v) is 33.5. The largest absolute Gasteiger partial charge is 0.414 e. The van der Waals surface area contributed by atoms with Crippen LogP contribution in [-0.2, 0) is 27.9 Å². The van der Waals surface area contributed by atoms with Gasteiger partial charge in [-0.05, 0) is 93.6 Å². The van der Waals surface area contributed by atoms with Crippen molar-refractivity contribution in [2.45, 2.75) is 128 Å². The van der Waals surface area contributed by atoms with Crippen LogP contribution in [0.4, 0.5) is 11.6 Å². The Morgan fingerprint density at radius 3 is 1.63 bits per heavy atom. The summed E-state index contributed by atoms with van der Waals surface area (Å²) in [5, 5.41) is 2.43. The van der Waals surface area contributed by atoms with Crippen LogP contribution in [0, 0.1) is 7.14 Å². The lowest BCUT2D eigenvalue weighted by molar-refractivity contribution is -0.154. The van der Waals surface area contributed by atoms with Gasteiger partial charge in [0.15, 0.2) is 28.3 Å². The number of ether oxygens (including phenoxy) is 3. The molecule has 382 valence electrons. The van der Waals surface area contributed by atoms with Crippen LogP contribution in [0.2, 0.25) is 36.3 Å². The van der Waals surface area contributed by atoms with E-state index in [1.165, 1.54) is 12.7 Å². The van der Waals surface area contributed by atoms with Crippen LogP contribution in [0.1, 0.15) is 87.6 Å². The van der Waals surface area contributed by atoms with Gasteiger partial charge in [-0.2, -0.15) is 0 Å². The number of fused-ring (bicyclic) bond motifs is 3. The van der Waals surface area contributed by atoms with Crippen LogP contribution in [-0.4, -0.2) is 151 Å². The molecular formula is C48H65I2N11O8Si2. The number of benzene rings is 1. The van der Waals surface area contributed by atoms with Crippen LogP contribution in [0.15, 0.2) is 59.3 Å². The molecule has 23 heteroatoms. The number of hydroxylamine groups is 2. The van der Waals surface area contributed by atoms with Gasteiger partial charge in [0.25, 0.3) is 11.8 Å². The number of hydrogen-bond acceptors (Lipinski definition) is 14. The Morgan fingerprint density at radius 1 is 0.718 bits per heavy atom. The molecular weight excluding hydrogens is 1170 g/mol. The number of aliphatic imine (C=N–C) groups is 2. The summed E-state index contributed by atoms with van der Waals surface area (Å²) < 4.78 is 39.4. The number of imide groups is 1. The zero-order valence-electron chi connectivity index (χ0n) is 42.7. The van der Waals surface area contributed by atoms with Crippen molar-refractivity contribution in [3.8, 4) is 0 Å². The minimum Gasteiger partial charge on any atom is -0.414 e. The average Bonchev–Trinajstić information content (AvgIpc) is 4.12. The van der Waals surface area contributed by atoms with Gasteiger partial charge < -0.3 is 42.0 Å². The minimum atomic E-state index is -2.22. The van der Waals surface area contributed by atoms with E-state index < -0.39 is 46.9 Å². The van der Waals surface area contributed by atoms with E-state index in [4.69, 9.17) is 37.9 Å². The molecule has 2 amide bonds. The number of hydrogen-bond donors (Lipinski definition) is 0. The van der Waals surface area contributed by atoms with Crippen LogP contribution < -0.4 is 0 Å². The van der Waals surface area contributed by atoms with E-state index in [0.717, 1.165) is 28.6 Å². The fourth-order valence-corrected chi connectivity index (χ4v) is 11.6. The van der Waals surface area contributed by atoms with Crippen molar-refractivity contribution < 1.29 is 37.5 Å². The molecule has 2 saturated heterocycles. The van der Waals surface area contributed by atoms with Gasteiger partial charge in [0, 0.05) is 53.5 Å². The molecule has 4 aromatic heterocycles. The van der Waals surface area contributed by atoms with E-state index in [2.05, 4.69) is 137 Å². The molecule has 8 rings (SSSR count). The van der Waals surface area contributed by atoms with Gasteiger partial charge in [-0.1, -0.05) is 53.7 Å². The molecule has 3 aliphatic rings. The number of halogens is 2. The Balaban J connectivity index is 0.992. The number of carbonyl (C=O) groups excluding carboxylic acids is 2. The Hall–Kier alpha value is -3.81. The van der Waals surface area contributed by atoms with Crippen molar-refractivity contribution in [1.82, 2.24) is 43.9 Å². The molecule has 1 aromatic carbocycles. The van der Waals surface area contributed by atoms with Crippen molar-refractivity contribution in [3.05, 3.63) is 67.6 Å². The van der Waals surface area contributed by atoms with Gasteiger partial charge in [0.2, 0.25) is 0 Å². The number of aromatic nitrogens is 6. The van der Waals surface area contributed by atoms with E-state index in [9.17, 15) is 9.59 Å². The summed E-state index contributed by atoms with van der Waals surface area (Å²) in [4.78, 5) is 64.8. The van der Waals surface area contributed by atoms with Crippen LogP contribution in [0.3, 0.4) is 0 Å². The van der Waals surface area contributed by atoms with E-state index in [-0.39, 0.29) is 41.9 Å². The lowest BCUT2D eigenvalue weighted by Gasteiger charge is -2.37. The molecule has 7 heterocycles. The van der Waals surface area contributed by atoms with Gasteiger partial charge in [-0.3, -0.25) is 14.4 Å². The molecule has 0 radical (unpaired) electrons. The van der Waals surface area contributed by atoms with Crippen LogP contribution in [0.25, 0.3) is 22.1 Å².